The van der Waals surface area contributed by atoms with Crippen LogP contribution < -0.4 is 0 Å². The second-order valence-electron chi connectivity index (χ2n) is 3.60. The molecule has 0 N–H and O–H groups in total. The second-order valence-corrected chi connectivity index (χ2v) is 4.56. The predicted molar refractivity (Wildman–Crippen MR) is 69.4 cm³/mol. The maximum atomic E-state index is 11.6. The number of halogens is 1. The Hall–Kier alpha value is -1.36. The van der Waals surface area contributed by atoms with Crippen LogP contribution in [0.5, 0.6) is 0 Å². The number of fused-ring (bicyclic) bond motifs is 1. The summed E-state index contributed by atoms with van der Waals surface area (Å²) in [6, 6.07) is 0. The molecule has 0 fully saturated rings. The summed E-state index contributed by atoms with van der Waals surface area (Å²) >= 11 is 3.49. The fourth-order valence-electron chi connectivity index (χ4n) is 1.61. The van der Waals surface area contributed by atoms with Crippen LogP contribution in [0.15, 0.2) is 39.7 Å². The molecule has 2 heterocycles. The molecule has 5 heteroatoms. The van der Waals surface area contributed by atoms with Gasteiger partial charge in [-0.2, -0.15) is 5.10 Å². The number of ether oxygens (including phenoxy) is 1. The zero-order valence-electron chi connectivity index (χ0n) is 9.52. The highest BCUT2D eigenvalue weighted by Crippen LogP contribution is 2.28. The molecule has 0 aromatic rings. The van der Waals surface area contributed by atoms with Crippen molar-refractivity contribution in [3.63, 3.8) is 0 Å². The summed E-state index contributed by atoms with van der Waals surface area (Å²) in [6.07, 6.45) is 9.23. The normalized spacial score (nSPS) is 18.7. The molecule has 4 nitrogen and oxygen atoms in total. The molecule has 90 valence electrons. The Morgan fingerprint density at radius 3 is 3.18 bits per heavy atom. The smallest absolute Gasteiger partial charge is 0.354 e. The van der Waals surface area contributed by atoms with Gasteiger partial charge in [0.05, 0.1) is 12.3 Å². The lowest BCUT2D eigenvalue weighted by molar-refractivity contribution is -0.135. The average Bonchev–Trinajstić information content (AvgIpc) is 2.54. The van der Waals surface area contributed by atoms with Crippen LogP contribution in [-0.2, 0) is 9.53 Å². The second kappa shape index (κ2) is 5.31. The molecule has 0 aliphatic carbocycles. The van der Waals surface area contributed by atoms with Gasteiger partial charge in [0.1, 0.15) is 0 Å². The van der Waals surface area contributed by atoms with Gasteiger partial charge < -0.3 is 4.74 Å². The van der Waals surface area contributed by atoms with E-state index >= 15 is 0 Å². The van der Waals surface area contributed by atoms with Gasteiger partial charge in [0, 0.05) is 17.1 Å². The SMILES string of the molecule is CCOC(=O)C1=NN2C=CCC=CC2=C(Br)C1. The Balaban J connectivity index is 2.26. The zero-order valence-corrected chi connectivity index (χ0v) is 11.1. The van der Waals surface area contributed by atoms with Gasteiger partial charge in [0.15, 0.2) is 5.71 Å². The Labute approximate surface area is 108 Å². The number of carbonyl (C=O) groups is 1. The maximum absolute atomic E-state index is 11.6. The molecular formula is C12H13BrN2O2. The molecule has 0 saturated heterocycles. The molecule has 0 amide bonds. The van der Waals surface area contributed by atoms with Crippen molar-refractivity contribution in [2.75, 3.05) is 6.61 Å². The summed E-state index contributed by atoms with van der Waals surface area (Å²) in [6.45, 7) is 2.15. The highest BCUT2D eigenvalue weighted by atomic mass is 79.9. The van der Waals surface area contributed by atoms with Crippen molar-refractivity contribution in [2.45, 2.75) is 19.8 Å². The minimum Gasteiger partial charge on any atom is -0.461 e. The highest BCUT2D eigenvalue weighted by Gasteiger charge is 2.23. The van der Waals surface area contributed by atoms with Crippen LogP contribution in [-0.4, -0.2) is 23.3 Å². The molecule has 0 aromatic carbocycles. The number of hydrogen-bond acceptors (Lipinski definition) is 4. The van der Waals surface area contributed by atoms with E-state index in [0.717, 1.165) is 16.6 Å². The minimum atomic E-state index is -0.356. The van der Waals surface area contributed by atoms with Crippen LogP contribution in [0.3, 0.4) is 0 Å². The van der Waals surface area contributed by atoms with Gasteiger partial charge in [-0.15, -0.1) is 0 Å². The molecule has 0 radical (unpaired) electrons. The lowest BCUT2D eigenvalue weighted by atomic mass is 10.2. The molecule has 2 rings (SSSR count). The topological polar surface area (TPSA) is 41.9 Å². The van der Waals surface area contributed by atoms with Crippen molar-refractivity contribution in [3.05, 3.63) is 34.6 Å². The first kappa shape index (κ1) is 12.1. The van der Waals surface area contributed by atoms with Gasteiger partial charge in [0.25, 0.3) is 0 Å². The third kappa shape index (κ3) is 2.66. The number of esters is 1. The van der Waals surface area contributed by atoms with Crippen molar-refractivity contribution >= 4 is 27.6 Å². The monoisotopic (exact) mass is 296 g/mol. The number of nitrogens with zero attached hydrogens (tertiary/aromatic N) is 2. The summed E-state index contributed by atoms with van der Waals surface area (Å²) in [7, 11) is 0. The standard InChI is InChI=1S/C12H13BrN2O2/c1-2-17-12(16)10-8-9(13)11-6-4-3-5-7-15(11)14-10/h4-7H,2-3,8H2,1H3. The van der Waals surface area contributed by atoms with Crippen LogP contribution in [0.2, 0.25) is 0 Å². The molecular weight excluding hydrogens is 284 g/mol. The Bertz CT molecular complexity index is 449. The fraction of sp³-hybridized carbons (Fsp3) is 0.333. The summed E-state index contributed by atoms with van der Waals surface area (Å²) in [5, 5.41) is 5.98. The molecule has 2 aliphatic heterocycles. The average molecular weight is 297 g/mol. The van der Waals surface area contributed by atoms with Gasteiger partial charge in [-0.05, 0) is 19.4 Å². The quantitative estimate of drug-likeness (QED) is 0.736. The van der Waals surface area contributed by atoms with E-state index in [4.69, 9.17) is 4.74 Å². The number of hydrogen-bond donors (Lipinski definition) is 0. The molecule has 17 heavy (non-hydrogen) atoms. The molecule has 0 bridgehead atoms. The van der Waals surface area contributed by atoms with Gasteiger partial charge in [0.2, 0.25) is 0 Å². The first-order valence-electron chi connectivity index (χ1n) is 5.48. The van der Waals surface area contributed by atoms with Crippen LogP contribution in [0.4, 0.5) is 0 Å². The number of carbonyl (C=O) groups excluding carboxylic acids is 1. The van der Waals surface area contributed by atoms with Crippen LogP contribution in [0.1, 0.15) is 19.8 Å². The van der Waals surface area contributed by atoms with E-state index in [9.17, 15) is 4.79 Å². The Morgan fingerprint density at radius 1 is 1.59 bits per heavy atom. The van der Waals surface area contributed by atoms with Crippen LogP contribution in [0, 0.1) is 0 Å². The summed E-state index contributed by atoms with van der Waals surface area (Å²) in [5.74, 6) is -0.356. The molecule has 2 aliphatic rings. The molecule has 0 atom stereocenters. The fourth-order valence-corrected chi connectivity index (χ4v) is 2.19. The van der Waals surface area contributed by atoms with Crippen molar-refractivity contribution in [3.8, 4) is 0 Å². The lowest BCUT2D eigenvalue weighted by Crippen LogP contribution is -2.26. The van der Waals surface area contributed by atoms with E-state index in [1.54, 1.807) is 11.9 Å². The van der Waals surface area contributed by atoms with Gasteiger partial charge in [-0.3, -0.25) is 0 Å². The third-order valence-corrected chi connectivity index (χ3v) is 3.07. The van der Waals surface area contributed by atoms with Gasteiger partial charge in [-0.1, -0.05) is 28.1 Å². The Kier molecular flexibility index (Phi) is 3.78. The predicted octanol–water partition coefficient (Wildman–Crippen LogP) is 2.69. The summed E-state index contributed by atoms with van der Waals surface area (Å²) in [4.78, 5) is 11.6. The van der Waals surface area contributed by atoms with Crippen LogP contribution >= 0.6 is 15.9 Å². The summed E-state index contributed by atoms with van der Waals surface area (Å²) < 4.78 is 5.90. The zero-order chi connectivity index (χ0) is 12.3. The lowest BCUT2D eigenvalue weighted by Gasteiger charge is -2.23. The van der Waals surface area contributed by atoms with E-state index < -0.39 is 0 Å². The van der Waals surface area contributed by atoms with Crippen molar-refractivity contribution in [2.24, 2.45) is 5.10 Å². The molecule has 0 aromatic heterocycles. The van der Waals surface area contributed by atoms with E-state index in [-0.39, 0.29) is 5.97 Å². The molecule has 0 unspecified atom stereocenters. The molecule has 0 spiro atoms. The van der Waals surface area contributed by atoms with Crippen LogP contribution in [0.25, 0.3) is 0 Å². The molecule has 0 saturated carbocycles. The first-order valence-corrected chi connectivity index (χ1v) is 6.27. The van der Waals surface area contributed by atoms with E-state index in [0.29, 0.717) is 18.7 Å². The van der Waals surface area contributed by atoms with Gasteiger partial charge in [-0.25, -0.2) is 9.80 Å². The maximum Gasteiger partial charge on any atom is 0.354 e. The van der Waals surface area contributed by atoms with E-state index in [1.165, 1.54) is 0 Å². The Morgan fingerprint density at radius 2 is 2.41 bits per heavy atom. The number of hydrazone groups is 1. The summed E-state index contributed by atoms with van der Waals surface area (Å²) in [5.41, 5.74) is 1.38. The van der Waals surface area contributed by atoms with Crippen molar-refractivity contribution < 1.29 is 9.53 Å². The highest BCUT2D eigenvalue weighted by molar-refractivity contribution is 9.11. The van der Waals surface area contributed by atoms with Crippen molar-refractivity contribution in [1.29, 1.82) is 0 Å². The minimum absolute atomic E-state index is 0.356. The number of allylic oxidation sites excluding steroid dienone is 4. The first-order chi connectivity index (χ1) is 8.22. The van der Waals surface area contributed by atoms with Gasteiger partial charge >= 0.3 is 5.97 Å². The number of rotatable bonds is 2. The van der Waals surface area contributed by atoms with Crippen molar-refractivity contribution in [1.82, 2.24) is 5.01 Å². The largest absolute Gasteiger partial charge is 0.461 e. The van der Waals surface area contributed by atoms with E-state index in [1.807, 2.05) is 18.4 Å². The van der Waals surface area contributed by atoms with E-state index in [2.05, 4.69) is 27.1 Å². The third-order valence-electron chi connectivity index (χ3n) is 2.38.